The molecule has 264 valence electrons. The van der Waals surface area contributed by atoms with Crippen LogP contribution >= 0.6 is 0 Å². The van der Waals surface area contributed by atoms with E-state index in [0.29, 0.717) is 0 Å². The lowest BCUT2D eigenvalue weighted by atomic mass is 9.88. The zero-order chi connectivity index (χ0) is 37.5. The number of fused-ring (bicyclic) bond motifs is 9. The van der Waals surface area contributed by atoms with Crippen molar-refractivity contribution in [2.45, 2.75) is 41.5 Å². The molecule has 2 nitrogen and oxygen atoms in total. The lowest BCUT2D eigenvalue weighted by Crippen LogP contribution is -1.95. The highest BCUT2D eigenvalue weighted by Gasteiger charge is 2.17. The summed E-state index contributed by atoms with van der Waals surface area (Å²) in [6.07, 6.45) is 0. The quantitative estimate of drug-likeness (QED) is 0.167. The second-order valence-electron chi connectivity index (χ2n) is 15.6. The Bertz CT molecular complexity index is 3110. The Labute approximate surface area is 322 Å². The van der Waals surface area contributed by atoms with Gasteiger partial charge in [0.25, 0.3) is 0 Å². The van der Waals surface area contributed by atoms with Crippen molar-refractivity contribution in [2.24, 2.45) is 0 Å². The van der Waals surface area contributed by atoms with E-state index >= 15 is 0 Å². The molecule has 10 aromatic rings. The smallest absolute Gasteiger partial charge is 0.0794 e. The second kappa shape index (κ2) is 12.5. The number of aryl methyl sites for hydroxylation is 6. The molecule has 0 saturated carbocycles. The lowest BCUT2D eigenvalue weighted by molar-refractivity contribution is 1.18. The Morgan fingerprint density at radius 1 is 0.364 bits per heavy atom. The summed E-state index contributed by atoms with van der Waals surface area (Å²) in [5, 5.41) is 8.57. The van der Waals surface area contributed by atoms with Crippen LogP contribution in [0.2, 0.25) is 0 Å². The normalized spacial score (nSPS) is 11.8. The van der Waals surface area contributed by atoms with E-state index in [4.69, 9.17) is 4.98 Å². The number of rotatable bonds is 4. The highest BCUT2D eigenvalue weighted by molar-refractivity contribution is 6.25. The van der Waals surface area contributed by atoms with Gasteiger partial charge in [-0.3, -0.25) is 0 Å². The SMILES string of the molecule is Cc1cc(C)c(-c2ccc3c(c2)c2cc(-c4c(C)cc(C)cc4C)ccc2c2nc(-c4cccc(-n5c6ccccc6c6ccccc65)c4)ccc32)c(C)c1. The van der Waals surface area contributed by atoms with Gasteiger partial charge in [-0.25, -0.2) is 4.98 Å². The number of para-hydroxylation sites is 2. The van der Waals surface area contributed by atoms with Gasteiger partial charge in [-0.2, -0.15) is 0 Å². The minimum Gasteiger partial charge on any atom is -0.309 e. The van der Waals surface area contributed by atoms with E-state index in [0.717, 1.165) is 22.5 Å². The Hall–Kier alpha value is -6.51. The lowest BCUT2D eigenvalue weighted by Gasteiger charge is -2.17. The summed E-state index contributed by atoms with van der Waals surface area (Å²) in [7, 11) is 0. The molecule has 2 heteroatoms. The molecule has 0 N–H and O–H groups in total. The molecule has 0 radical (unpaired) electrons. The Kier molecular flexibility index (Phi) is 7.54. The molecular weight excluding hydrogens is 665 g/mol. The van der Waals surface area contributed by atoms with Gasteiger partial charge < -0.3 is 4.57 Å². The maximum Gasteiger partial charge on any atom is 0.0794 e. The topological polar surface area (TPSA) is 17.8 Å². The first-order valence-corrected chi connectivity index (χ1v) is 19.3. The van der Waals surface area contributed by atoms with Crippen LogP contribution < -0.4 is 0 Å². The third-order valence-corrected chi connectivity index (χ3v) is 11.7. The van der Waals surface area contributed by atoms with Gasteiger partial charge in [0, 0.05) is 32.8 Å². The van der Waals surface area contributed by atoms with E-state index in [-0.39, 0.29) is 0 Å². The van der Waals surface area contributed by atoms with E-state index in [9.17, 15) is 0 Å². The molecule has 0 fully saturated rings. The summed E-state index contributed by atoms with van der Waals surface area (Å²) in [5.74, 6) is 0. The number of nitrogens with zero attached hydrogens (tertiary/aromatic N) is 2. The largest absolute Gasteiger partial charge is 0.309 e. The number of hydrogen-bond acceptors (Lipinski definition) is 1. The zero-order valence-electron chi connectivity index (χ0n) is 32.3. The van der Waals surface area contributed by atoms with Gasteiger partial charge >= 0.3 is 0 Å². The first kappa shape index (κ1) is 33.1. The van der Waals surface area contributed by atoms with Crippen molar-refractivity contribution in [3.63, 3.8) is 0 Å². The molecule has 0 aliphatic carbocycles. The summed E-state index contributed by atoms with van der Waals surface area (Å²) in [6.45, 7) is 13.3. The van der Waals surface area contributed by atoms with E-state index in [1.54, 1.807) is 0 Å². The van der Waals surface area contributed by atoms with Gasteiger partial charge in [-0.1, -0.05) is 108 Å². The molecule has 0 amide bonds. The summed E-state index contributed by atoms with van der Waals surface area (Å²) in [6, 6.07) is 54.0. The zero-order valence-corrected chi connectivity index (χ0v) is 32.3. The van der Waals surface area contributed by atoms with Crippen LogP contribution in [-0.2, 0) is 0 Å². The maximum atomic E-state index is 5.53. The molecular formula is C53H42N2. The second-order valence-corrected chi connectivity index (χ2v) is 15.6. The van der Waals surface area contributed by atoms with Crippen LogP contribution in [0.3, 0.4) is 0 Å². The average Bonchev–Trinajstić information content (AvgIpc) is 3.51. The minimum atomic E-state index is 0.965. The molecule has 0 atom stereocenters. The first-order chi connectivity index (χ1) is 26.7. The molecule has 0 aliphatic rings. The fourth-order valence-corrected chi connectivity index (χ4v) is 9.60. The van der Waals surface area contributed by atoms with Gasteiger partial charge in [-0.05, 0) is 151 Å². The molecule has 8 aromatic carbocycles. The van der Waals surface area contributed by atoms with Crippen LogP contribution in [0.1, 0.15) is 33.4 Å². The molecule has 2 aromatic heterocycles. The van der Waals surface area contributed by atoms with Crippen LogP contribution in [0.15, 0.2) is 146 Å². The predicted octanol–water partition coefficient (Wildman–Crippen LogP) is 14.5. The molecule has 0 unspecified atom stereocenters. The van der Waals surface area contributed by atoms with Gasteiger partial charge in [0.15, 0.2) is 0 Å². The van der Waals surface area contributed by atoms with E-state index in [1.165, 1.54) is 104 Å². The van der Waals surface area contributed by atoms with Crippen molar-refractivity contribution in [1.29, 1.82) is 0 Å². The van der Waals surface area contributed by atoms with Crippen LogP contribution in [0.25, 0.3) is 93.5 Å². The van der Waals surface area contributed by atoms with Crippen molar-refractivity contribution < 1.29 is 0 Å². The molecule has 2 heterocycles. The molecule has 0 aliphatic heterocycles. The number of pyridine rings is 1. The maximum absolute atomic E-state index is 5.53. The van der Waals surface area contributed by atoms with E-state index in [2.05, 4.69) is 192 Å². The number of hydrogen-bond donors (Lipinski definition) is 0. The third kappa shape index (κ3) is 5.28. The highest BCUT2D eigenvalue weighted by Crippen LogP contribution is 2.42. The summed E-state index contributed by atoms with van der Waals surface area (Å²) in [5.41, 5.74) is 19.6. The Balaban J connectivity index is 1.21. The predicted molar refractivity (Wildman–Crippen MR) is 236 cm³/mol. The minimum absolute atomic E-state index is 0.965. The van der Waals surface area contributed by atoms with E-state index < -0.39 is 0 Å². The standard InChI is InChI=1S/C53H42N2/c1-31-24-33(3)51(34(4)25-31)38-18-20-41-44-22-23-48(37-12-11-13-40(28-37)55-49-16-9-7-14-42(49)43-15-8-10-17-50(43)55)54-53(44)45-21-19-39(30-47(45)46(41)29-38)52-35(5)26-32(2)27-36(52)6/h7-30H,1-6H3. The molecule has 0 spiro atoms. The van der Waals surface area contributed by atoms with Gasteiger partial charge in [0.05, 0.1) is 22.2 Å². The highest BCUT2D eigenvalue weighted by atomic mass is 15.0. The monoisotopic (exact) mass is 706 g/mol. The van der Waals surface area contributed by atoms with Gasteiger partial charge in [-0.15, -0.1) is 0 Å². The van der Waals surface area contributed by atoms with Crippen LogP contribution in [0.4, 0.5) is 0 Å². The van der Waals surface area contributed by atoms with Crippen LogP contribution in [-0.4, -0.2) is 9.55 Å². The van der Waals surface area contributed by atoms with Crippen molar-refractivity contribution >= 4 is 54.3 Å². The number of aromatic nitrogens is 2. The molecule has 55 heavy (non-hydrogen) atoms. The molecule has 0 saturated heterocycles. The number of benzene rings is 8. The van der Waals surface area contributed by atoms with Crippen molar-refractivity contribution in [3.05, 3.63) is 179 Å². The first-order valence-electron chi connectivity index (χ1n) is 19.3. The Morgan fingerprint density at radius 2 is 0.855 bits per heavy atom. The van der Waals surface area contributed by atoms with Gasteiger partial charge in [0.2, 0.25) is 0 Å². The van der Waals surface area contributed by atoms with E-state index in [1.807, 2.05) is 0 Å². The molecule has 0 bridgehead atoms. The van der Waals surface area contributed by atoms with Crippen molar-refractivity contribution in [1.82, 2.24) is 9.55 Å². The average molecular weight is 707 g/mol. The van der Waals surface area contributed by atoms with Crippen LogP contribution in [0.5, 0.6) is 0 Å². The van der Waals surface area contributed by atoms with Crippen molar-refractivity contribution in [2.75, 3.05) is 0 Å². The summed E-state index contributed by atoms with van der Waals surface area (Å²) < 4.78 is 2.38. The Morgan fingerprint density at radius 3 is 1.44 bits per heavy atom. The molecule has 10 rings (SSSR count). The summed E-state index contributed by atoms with van der Waals surface area (Å²) in [4.78, 5) is 5.53. The van der Waals surface area contributed by atoms with Crippen molar-refractivity contribution in [3.8, 4) is 39.2 Å². The van der Waals surface area contributed by atoms with Crippen LogP contribution in [0, 0.1) is 41.5 Å². The fraction of sp³-hybridized carbons (Fsp3) is 0.113. The summed E-state index contributed by atoms with van der Waals surface area (Å²) >= 11 is 0. The van der Waals surface area contributed by atoms with Gasteiger partial charge in [0.1, 0.15) is 0 Å². The third-order valence-electron chi connectivity index (χ3n) is 11.7. The fourth-order valence-electron chi connectivity index (χ4n) is 9.60.